The smallest absolute Gasteiger partial charge is 0.266 e. The van der Waals surface area contributed by atoms with E-state index in [9.17, 15) is 9.59 Å². The summed E-state index contributed by atoms with van der Waals surface area (Å²) in [6, 6.07) is 13.0. The van der Waals surface area contributed by atoms with Gasteiger partial charge in [-0.05, 0) is 42.5 Å². The number of rotatable bonds is 6. The van der Waals surface area contributed by atoms with Crippen LogP contribution in [0.1, 0.15) is 11.1 Å². The Bertz CT molecular complexity index is 1020. The van der Waals surface area contributed by atoms with Gasteiger partial charge in [0, 0.05) is 12.6 Å². The van der Waals surface area contributed by atoms with Crippen molar-refractivity contribution < 1.29 is 19.1 Å². The number of carbonyl (C=O) groups excluding carboxylic acids is 2. The number of carbonyl (C=O) groups is 2. The number of primary amides is 1. The zero-order valence-electron chi connectivity index (χ0n) is 16.3. The lowest BCUT2D eigenvalue weighted by atomic mass is 10.1. The quantitative estimate of drug-likeness (QED) is 0.737. The van der Waals surface area contributed by atoms with Crippen molar-refractivity contribution in [3.05, 3.63) is 58.5 Å². The second-order valence-electron chi connectivity index (χ2n) is 6.29. The van der Waals surface area contributed by atoms with E-state index >= 15 is 0 Å². The molecule has 1 saturated heterocycles. The summed E-state index contributed by atoms with van der Waals surface area (Å²) in [5.41, 5.74) is 7.62. The molecule has 1 heterocycles. The molecule has 1 fully saturated rings. The monoisotopic (exact) mass is 411 g/mol. The molecule has 150 valence electrons. The number of aliphatic imine (C=N–C) groups is 1. The van der Waals surface area contributed by atoms with Crippen LogP contribution in [-0.2, 0) is 9.59 Å². The van der Waals surface area contributed by atoms with Gasteiger partial charge in [-0.1, -0.05) is 30.3 Å². The van der Waals surface area contributed by atoms with Gasteiger partial charge in [-0.2, -0.15) is 0 Å². The van der Waals surface area contributed by atoms with E-state index in [0.717, 1.165) is 11.3 Å². The largest absolute Gasteiger partial charge is 0.493 e. The Kier molecular flexibility index (Phi) is 6.23. The maximum absolute atomic E-state index is 12.7. The average Bonchev–Trinajstić information content (AvgIpc) is 2.96. The van der Waals surface area contributed by atoms with Gasteiger partial charge in [-0.3, -0.25) is 14.5 Å². The first-order valence-electron chi connectivity index (χ1n) is 8.80. The zero-order valence-corrected chi connectivity index (χ0v) is 17.2. The summed E-state index contributed by atoms with van der Waals surface area (Å²) in [5, 5.41) is 0.582. The topological polar surface area (TPSA) is 94.2 Å². The molecule has 0 bridgehead atoms. The number of amidine groups is 1. The highest BCUT2D eigenvalue weighted by atomic mass is 32.2. The highest BCUT2D eigenvalue weighted by Gasteiger charge is 2.31. The third-order valence-corrected chi connectivity index (χ3v) is 5.27. The number of ether oxygens (including phenoxy) is 2. The standard InChI is InChI=1S/C21H21N3O4S/c1-13-7-4-5-9-15(13)23-21-24(2)20(26)17(29-21)11-14-8-6-10-16(27-3)19(14)28-12-18(22)25/h4-11H,12H2,1-3H3,(H2,22,25)/b17-11+,23-21?. The molecule has 2 aromatic carbocycles. The molecule has 2 aromatic rings. The molecule has 8 heteroatoms. The first-order valence-corrected chi connectivity index (χ1v) is 9.62. The van der Waals surface area contributed by atoms with Gasteiger partial charge in [0.25, 0.3) is 11.8 Å². The van der Waals surface area contributed by atoms with Gasteiger partial charge in [0.2, 0.25) is 0 Å². The number of nitrogens with two attached hydrogens (primary N) is 1. The molecular formula is C21H21N3O4S. The zero-order chi connectivity index (χ0) is 21.0. The summed E-state index contributed by atoms with van der Waals surface area (Å²) < 4.78 is 10.8. The lowest BCUT2D eigenvalue weighted by molar-refractivity contribution is -0.121. The van der Waals surface area contributed by atoms with Gasteiger partial charge in [-0.25, -0.2) is 4.99 Å². The Labute approximate surface area is 173 Å². The Hall–Kier alpha value is -3.26. The molecule has 29 heavy (non-hydrogen) atoms. The maximum Gasteiger partial charge on any atom is 0.266 e. The Morgan fingerprint density at radius 2 is 2.00 bits per heavy atom. The van der Waals surface area contributed by atoms with Crippen LogP contribution in [0, 0.1) is 6.92 Å². The number of benzene rings is 2. The summed E-state index contributed by atoms with van der Waals surface area (Å²) in [6.07, 6.45) is 1.70. The average molecular weight is 411 g/mol. The summed E-state index contributed by atoms with van der Waals surface area (Å²) >= 11 is 1.27. The predicted molar refractivity (Wildman–Crippen MR) is 114 cm³/mol. The molecule has 3 rings (SSSR count). The van der Waals surface area contributed by atoms with Crippen molar-refractivity contribution in [1.82, 2.24) is 4.90 Å². The molecule has 0 radical (unpaired) electrons. The molecule has 1 aliphatic heterocycles. The Morgan fingerprint density at radius 3 is 2.69 bits per heavy atom. The lowest BCUT2D eigenvalue weighted by Crippen LogP contribution is -2.23. The van der Waals surface area contributed by atoms with Crippen LogP contribution in [-0.4, -0.2) is 42.6 Å². The number of aryl methyl sites for hydroxylation is 1. The third kappa shape index (κ3) is 4.60. The first kappa shape index (κ1) is 20.5. The summed E-state index contributed by atoms with van der Waals surface area (Å²) in [5.74, 6) is 0.0130. The highest BCUT2D eigenvalue weighted by molar-refractivity contribution is 8.18. The number of thioether (sulfide) groups is 1. The fourth-order valence-corrected chi connectivity index (χ4v) is 3.66. The number of methoxy groups -OCH3 is 1. The van der Waals surface area contributed by atoms with E-state index < -0.39 is 5.91 Å². The predicted octanol–water partition coefficient (Wildman–Crippen LogP) is 3.10. The number of hydrogen-bond acceptors (Lipinski definition) is 6. The van der Waals surface area contributed by atoms with Crippen molar-refractivity contribution in [2.45, 2.75) is 6.92 Å². The van der Waals surface area contributed by atoms with Crippen LogP contribution in [0.3, 0.4) is 0 Å². The van der Waals surface area contributed by atoms with Crippen LogP contribution in [0.25, 0.3) is 6.08 Å². The molecule has 7 nitrogen and oxygen atoms in total. The summed E-state index contributed by atoms with van der Waals surface area (Å²) in [6.45, 7) is 1.67. The minimum Gasteiger partial charge on any atom is -0.493 e. The second-order valence-corrected chi connectivity index (χ2v) is 7.30. The van der Waals surface area contributed by atoms with Crippen molar-refractivity contribution in [1.29, 1.82) is 0 Å². The number of amides is 2. The minimum absolute atomic E-state index is 0.175. The molecule has 2 N–H and O–H groups in total. The summed E-state index contributed by atoms with van der Waals surface area (Å²) in [7, 11) is 3.18. The maximum atomic E-state index is 12.7. The highest BCUT2D eigenvalue weighted by Crippen LogP contribution is 2.38. The van der Waals surface area contributed by atoms with Gasteiger partial charge in [0.1, 0.15) is 0 Å². The van der Waals surface area contributed by atoms with Gasteiger partial charge >= 0.3 is 0 Å². The van der Waals surface area contributed by atoms with Crippen molar-refractivity contribution in [2.24, 2.45) is 10.7 Å². The first-order chi connectivity index (χ1) is 13.9. The molecule has 0 aliphatic carbocycles. The number of hydrogen-bond donors (Lipinski definition) is 1. The third-order valence-electron chi connectivity index (χ3n) is 4.21. The van der Waals surface area contributed by atoms with Gasteiger partial charge in [-0.15, -0.1) is 0 Å². The van der Waals surface area contributed by atoms with Gasteiger partial charge in [0.05, 0.1) is 17.7 Å². The van der Waals surface area contributed by atoms with Crippen molar-refractivity contribution in [2.75, 3.05) is 20.8 Å². The lowest BCUT2D eigenvalue weighted by Gasteiger charge is -2.12. The molecule has 0 aromatic heterocycles. The van der Waals surface area contributed by atoms with E-state index in [1.54, 1.807) is 31.3 Å². The minimum atomic E-state index is -0.604. The van der Waals surface area contributed by atoms with Crippen molar-refractivity contribution >= 4 is 40.5 Å². The van der Waals surface area contributed by atoms with E-state index in [0.29, 0.717) is 27.1 Å². The van der Waals surface area contributed by atoms with Crippen LogP contribution >= 0.6 is 11.8 Å². The molecule has 2 amide bonds. The number of para-hydroxylation sites is 2. The number of nitrogens with zero attached hydrogens (tertiary/aromatic N) is 2. The van der Waals surface area contributed by atoms with E-state index in [2.05, 4.69) is 4.99 Å². The van der Waals surface area contributed by atoms with Crippen molar-refractivity contribution in [3.8, 4) is 11.5 Å². The van der Waals surface area contributed by atoms with Crippen LogP contribution in [0.4, 0.5) is 5.69 Å². The molecule has 0 spiro atoms. The Balaban J connectivity index is 1.96. The van der Waals surface area contributed by atoms with E-state index in [1.807, 2.05) is 31.2 Å². The molecule has 0 saturated carbocycles. The van der Waals surface area contributed by atoms with Crippen molar-refractivity contribution in [3.63, 3.8) is 0 Å². The normalized spacial score (nSPS) is 16.5. The molecule has 1 aliphatic rings. The number of likely N-dealkylation sites (N-methyl/N-ethyl adjacent to an activating group) is 1. The SMILES string of the molecule is COc1cccc(/C=C2/SC(=Nc3ccccc3C)N(C)C2=O)c1OCC(N)=O. The van der Waals surface area contributed by atoms with Crippen LogP contribution in [0.5, 0.6) is 11.5 Å². The van der Waals surface area contributed by atoms with E-state index in [1.165, 1.54) is 23.8 Å². The van der Waals surface area contributed by atoms with Crippen LogP contribution in [0.15, 0.2) is 52.4 Å². The van der Waals surface area contributed by atoms with Crippen LogP contribution in [0.2, 0.25) is 0 Å². The fourth-order valence-electron chi connectivity index (χ4n) is 2.69. The molecule has 0 atom stereocenters. The van der Waals surface area contributed by atoms with E-state index in [-0.39, 0.29) is 12.5 Å². The van der Waals surface area contributed by atoms with E-state index in [4.69, 9.17) is 15.2 Å². The van der Waals surface area contributed by atoms with Gasteiger partial charge < -0.3 is 15.2 Å². The fraction of sp³-hybridized carbons (Fsp3) is 0.190. The molecule has 0 unspecified atom stereocenters. The molecular weight excluding hydrogens is 390 g/mol. The summed E-state index contributed by atoms with van der Waals surface area (Å²) in [4.78, 5) is 30.5. The van der Waals surface area contributed by atoms with Gasteiger partial charge in [0.15, 0.2) is 23.3 Å². The Morgan fingerprint density at radius 1 is 1.24 bits per heavy atom. The second kappa shape index (κ2) is 8.83. The van der Waals surface area contributed by atoms with Crippen LogP contribution < -0.4 is 15.2 Å².